The molecule has 0 amide bonds. The molecule has 0 aromatic heterocycles. The van der Waals surface area contributed by atoms with Gasteiger partial charge in [-0.25, -0.2) is 0 Å². The van der Waals surface area contributed by atoms with Crippen LogP contribution in [0.2, 0.25) is 0 Å². The molecule has 0 atom stereocenters. The highest BCUT2D eigenvalue weighted by Gasteiger charge is 2.26. The average molecular weight is 211 g/mol. The molecule has 0 heterocycles. The molecule has 0 fully saturated rings. The number of alkyl halides is 3. The molecule has 0 unspecified atom stereocenters. The molecule has 0 aromatic rings. The van der Waals surface area contributed by atoms with Crippen molar-refractivity contribution in [1.29, 1.82) is 0 Å². The Kier molecular flexibility index (Phi) is 5.76. The summed E-state index contributed by atoms with van der Waals surface area (Å²) in [7, 11) is 0. The van der Waals surface area contributed by atoms with E-state index in [9.17, 15) is 18.0 Å². The normalized spacial score (nSPS) is 12.1. The van der Waals surface area contributed by atoms with Gasteiger partial charge in [0, 0.05) is 18.9 Å². The minimum absolute atomic E-state index is 0.000764. The van der Waals surface area contributed by atoms with Crippen LogP contribution in [0.5, 0.6) is 0 Å². The Morgan fingerprint density at radius 3 is 2.36 bits per heavy atom. The Bertz CT molecular complexity index is 177. The van der Waals surface area contributed by atoms with Crippen LogP contribution in [0.3, 0.4) is 0 Å². The predicted molar refractivity (Wildman–Crippen MR) is 48.1 cm³/mol. The summed E-state index contributed by atoms with van der Waals surface area (Å²) in [5, 5.41) is 2.86. The largest absolute Gasteiger partial charge is 0.389 e. The van der Waals surface area contributed by atoms with Crippen LogP contribution in [0.4, 0.5) is 13.2 Å². The smallest absolute Gasteiger partial charge is 0.308 e. The van der Waals surface area contributed by atoms with Crippen LogP contribution >= 0.6 is 0 Å². The molecule has 0 rings (SSSR count). The second-order valence-corrected chi connectivity index (χ2v) is 3.54. The monoisotopic (exact) mass is 211 g/mol. The van der Waals surface area contributed by atoms with Gasteiger partial charge in [-0.05, 0) is 6.42 Å². The van der Waals surface area contributed by atoms with Gasteiger partial charge in [-0.15, -0.1) is 0 Å². The fourth-order valence-corrected chi connectivity index (χ4v) is 0.892. The van der Waals surface area contributed by atoms with Crippen molar-refractivity contribution in [1.82, 2.24) is 5.32 Å². The molecular weight excluding hydrogens is 195 g/mol. The summed E-state index contributed by atoms with van der Waals surface area (Å²) in [6, 6.07) is 0.182. The zero-order valence-corrected chi connectivity index (χ0v) is 8.45. The zero-order chi connectivity index (χ0) is 11.2. The predicted octanol–water partition coefficient (Wildman–Crippen LogP) is 2.29. The van der Waals surface area contributed by atoms with Crippen molar-refractivity contribution in [2.45, 2.75) is 45.3 Å². The molecule has 84 valence electrons. The lowest BCUT2D eigenvalue weighted by atomic mass is 10.1. The number of carbonyl (C=O) groups excluding carboxylic acids is 1. The zero-order valence-electron chi connectivity index (χ0n) is 8.45. The highest BCUT2D eigenvalue weighted by atomic mass is 19.4. The molecule has 1 N–H and O–H groups in total. The molecule has 0 aliphatic carbocycles. The van der Waals surface area contributed by atoms with Crippen molar-refractivity contribution >= 4 is 5.78 Å². The maximum Gasteiger partial charge on any atom is 0.389 e. The molecule has 0 saturated heterocycles. The van der Waals surface area contributed by atoms with Crippen LogP contribution in [-0.2, 0) is 4.79 Å². The molecule has 0 spiro atoms. The van der Waals surface area contributed by atoms with E-state index in [1.54, 1.807) is 0 Å². The maximum atomic E-state index is 11.7. The molecular formula is C9H16F3NO. The molecule has 14 heavy (non-hydrogen) atoms. The van der Waals surface area contributed by atoms with Crippen LogP contribution in [-0.4, -0.2) is 24.5 Å². The third kappa shape index (κ3) is 9.51. The van der Waals surface area contributed by atoms with Crippen LogP contribution in [0.15, 0.2) is 0 Å². The van der Waals surface area contributed by atoms with E-state index in [0.717, 1.165) is 0 Å². The summed E-state index contributed by atoms with van der Waals surface area (Å²) in [5.74, 6) is -0.164. The number of hydrogen-bond donors (Lipinski definition) is 1. The molecule has 0 aliphatic rings. The van der Waals surface area contributed by atoms with Crippen LogP contribution in [0, 0.1) is 0 Å². The lowest BCUT2D eigenvalue weighted by molar-refractivity contribution is -0.137. The fraction of sp³-hybridized carbons (Fsp3) is 0.889. The lowest BCUT2D eigenvalue weighted by Crippen LogP contribution is -2.29. The summed E-state index contributed by atoms with van der Waals surface area (Å²) >= 11 is 0. The maximum absolute atomic E-state index is 11.7. The van der Waals surface area contributed by atoms with Gasteiger partial charge in [0.15, 0.2) is 0 Å². The summed E-state index contributed by atoms with van der Waals surface area (Å²) in [5.41, 5.74) is 0. The highest BCUT2D eigenvalue weighted by Crippen LogP contribution is 2.22. The van der Waals surface area contributed by atoms with E-state index in [0.29, 0.717) is 0 Å². The van der Waals surface area contributed by atoms with Crippen molar-refractivity contribution in [2.24, 2.45) is 0 Å². The molecule has 0 bridgehead atoms. The Morgan fingerprint density at radius 2 is 1.93 bits per heavy atom. The lowest BCUT2D eigenvalue weighted by Gasteiger charge is -2.07. The minimum atomic E-state index is -4.15. The first-order valence-electron chi connectivity index (χ1n) is 4.63. The number of nitrogens with one attached hydrogen (secondary N) is 1. The first-order chi connectivity index (χ1) is 6.31. The number of rotatable bonds is 6. The van der Waals surface area contributed by atoms with Gasteiger partial charge in [0.05, 0.1) is 6.54 Å². The molecule has 0 radical (unpaired) electrons. The molecule has 0 aromatic carbocycles. The second-order valence-electron chi connectivity index (χ2n) is 3.54. The first kappa shape index (κ1) is 13.4. The third-order valence-corrected chi connectivity index (χ3v) is 1.62. The Hall–Kier alpha value is -0.580. The van der Waals surface area contributed by atoms with Gasteiger partial charge in [0.2, 0.25) is 0 Å². The second kappa shape index (κ2) is 6.01. The topological polar surface area (TPSA) is 29.1 Å². The van der Waals surface area contributed by atoms with E-state index in [1.807, 2.05) is 13.8 Å². The number of hydrogen-bond acceptors (Lipinski definition) is 2. The van der Waals surface area contributed by atoms with E-state index in [-0.39, 0.29) is 31.2 Å². The molecule has 2 nitrogen and oxygen atoms in total. The van der Waals surface area contributed by atoms with Gasteiger partial charge in [0.1, 0.15) is 5.78 Å². The van der Waals surface area contributed by atoms with Gasteiger partial charge in [-0.2, -0.15) is 13.2 Å². The number of halogens is 3. The Balaban J connectivity index is 3.46. The van der Waals surface area contributed by atoms with Gasteiger partial charge >= 0.3 is 6.18 Å². The standard InChI is InChI=1S/C9H16F3NO/c1-7(2)13-6-8(14)4-3-5-9(10,11)12/h7,13H,3-6H2,1-2H3. The van der Waals surface area contributed by atoms with Crippen LogP contribution in [0.25, 0.3) is 0 Å². The quantitative estimate of drug-likeness (QED) is 0.730. The van der Waals surface area contributed by atoms with Crippen molar-refractivity contribution in [2.75, 3.05) is 6.54 Å². The van der Waals surface area contributed by atoms with E-state index in [1.165, 1.54) is 0 Å². The third-order valence-electron chi connectivity index (χ3n) is 1.62. The molecule has 0 saturated carbocycles. The van der Waals surface area contributed by atoms with Crippen molar-refractivity contribution in [3.8, 4) is 0 Å². The van der Waals surface area contributed by atoms with E-state index < -0.39 is 12.6 Å². The van der Waals surface area contributed by atoms with Crippen molar-refractivity contribution in [3.63, 3.8) is 0 Å². The van der Waals surface area contributed by atoms with E-state index in [2.05, 4.69) is 5.32 Å². The van der Waals surface area contributed by atoms with E-state index >= 15 is 0 Å². The molecule has 0 aliphatic heterocycles. The average Bonchev–Trinajstić information content (AvgIpc) is 1.98. The Morgan fingerprint density at radius 1 is 1.36 bits per heavy atom. The fourth-order valence-electron chi connectivity index (χ4n) is 0.892. The van der Waals surface area contributed by atoms with Gasteiger partial charge in [-0.3, -0.25) is 4.79 Å². The summed E-state index contributed by atoms with van der Waals surface area (Å²) < 4.78 is 35.1. The van der Waals surface area contributed by atoms with Crippen molar-refractivity contribution in [3.05, 3.63) is 0 Å². The van der Waals surface area contributed by atoms with Gasteiger partial charge in [-0.1, -0.05) is 13.8 Å². The van der Waals surface area contributed by atoms with Crippen LogP contribution < -0.4 is 5.32 Å². The SMILES string of the molecule is CC(C)NCC(=O)CCCC(F)(F)F. The number of ketones is 1. The van der Waals surface area contributed by atoms with Gasteiger partial charge < -0.3 is 5.32 Å². The van der Waals surface area contributed by atoms with Gasteiger partial charge in [0.25, 0.3) is 0 Å². The summed E-state index contributed by atoms with van der Waals surface area (Å²) in [4.78, 5) is 11.0. The van der Waals surface area contributed by atoms with Crippen LogP contribution in [0.1, 0.15) is 33.1 Å². The molecule has 5 heteroatoms. The van der Waals surface area contributed by atoms with E-state index in [4.69, 9.17) is 0 Å². The Labute approximate surface area is 81.9 Å². The van der Waals surface area contributed by atoms with Crippen molar-refractivity contribution < 1.29 is 18.0 Å². The first-order valence-corrected chi connectivity index (χ1v) is 4.63. The number of carbonyl (C=O) groups is 1. The minimum Gasteiger partial charge on any atom is -0.308 e. The summed E-state index contributed by atoms with van der Waals surface area (Å²) in [6.45, 7) is 3.92. The highest BCUT2D eigenvalue weighted by molar-refractivity contribution is 5.80. The number of Topliss-reactive ketones (excluding diaryl/α,β-unsaturated/α-hetero) is 1. The summed E-state index contributed by atoms with van der Waals surface area (Å²) in [6.07, 6.45) is -5.13.